The Bertz CT molecular complexity index is 455. The fourth-order valence-corrected chi connectivity index (χ4v) is 1.75. The zero-order valence-corrected chi connectivity index (χ0v) is 10.6. The van der Waals surface area contributed by atoms with Crippen molar-refractivity contribution >= 4 is 11.8 Å². The number of hydrogen-bond acceptors (Lipinski definition) is 3. The van der Waals surface area contributed by atoms with Crippen LogP contribution in [-0.2, 0) is 16.0 Å². The summed E-state index contributed by atoms with van der Waals surface area (Å²) in [5, 5.41) is 12.0. The van der Waals surface area contributed by atoms with Crippen molar-refractivity contribution in [1.29, 1.82) is 0 Å². The maximum atomic E-state index is 11.8. The molecule has 4 N–H and O–H groups in total. The third kappa shape index (κ3) is 4.86. The minimum Gasteiger partial charge on any atom is -0.508 e. The van der Waals surface area contributed by atoms with Crippen LogP contribution >= 0.6 is 0 Å². The Hall–Kier alpha value is -2.04. The second-order valence-corrected chi connectivity index (χ2v) is 4.92. The van der Waals surface area contributed by atoms with E-state index in [1.54, 1.807) is 32.0 Å². The maximum Gasteiger partial charge on any atom is 0.224 e. The average Bonchev–Trinajstić information content (AvgIpc) is 2.13. The fraction of sp³-hybridized carbons (Fsp3) is 0.385. The second kappa shape index (κ2) is 5.53. The van der Waals surface area contributed by atoms with E-state index in [0.717, 1.165) is 0 Å². The number of carbonyl (C=O) groups excluding carboxylic acids is 2. The summed E-state index contributed by atoms with van der Waals surface area (Å²) in [5.41, 5.74) is 5.15. The SMILES string of the molecule is CC(C)(CC(N)=O)NC(=O)Cc1cccc(O)c1. The first-order valence-electron chi connectivity index (χ1n) is 5.66. The summed E-state index contributed by atoms with van der Waals surface area (Å²) in [6, 6.07) is 6.49. The van der Waals surface area contributed by atoms with Crippen LogP contribution in [0.5, 0.6) is 5.75 Å². The molecule has 2 amide bonds. The zero-order chi connectivity index (χ0) is 13.8. The molecule has 0 aromatic heterocycles. The van der Waals surface area contributed by atoms with Crippen molar-refractivity contribution in [2.24, 2.45) is 5.73 Å². The lowest BCUT2D eigenvalue weighted by molar-refractivity contribution is -0.123. The fourth-order valence-electron chi connectivity index (χ4n) is 1.75. The lowest BCUT2D eigenvalue weighted by atomic mass is 9.99. The summed E-state index contributed by atoms with van der Waals surface area (Å²) in [6.45, 7) is 3.47. The third-order valence-corrected chi connectivity index (χ3v) is 2.37. The highest BCUT2D eigenvalue weighted by Crippen LogP contribution is 2.12. The van der Waals surface area contributed by atoms with Gasteiger partial charge in [-0.25, -0.2) is 0 Å². The number of benzene rings is 1. The number of phenols is 1. The normalized spacial score (nSPS) is 11.0. The highest BCUT2D eigenvalue weighted by molar-refractivity contribution is 5.81. The quantitative estimate of drug-likeness (QED) is 0.718. The molecule has 0 atom stereocenters. The Morgan fingerprint density at radius 3 is 2.61 bits per heavy atom. The van der Waals surface area contributed by atoms with Gasteiger partial charge in [0, 0.05) is 12.0 Å². The minimum absolute atomic E-state index is 0.0821. The smallest absolute Gasteiger partial charge is 0.224 e. The number of aromatic hydroxyl groups is 1. The molecule has 1 aromatic carbocycles. The van der Waals surface area contributed by atoms with E-state index in [9.17, 15) is 14.7 Å². The highest BCUT2D eigenvalue weighted by Gasteiger charge is 2.22. The molecular weight excluding hydrogens is 232 g/mol. The lowest BCUT2D eigenvalue weighted by Gasteiger charge is -2.24. The molecule has 0 aliphatic heterocycles. The van der Waals surface area contributed by atoms with E-state index in [1.807, 2.05) is 0 Å². The summed E-state index contributed by atoms with van der Waals surface area (Å²) < 4.78 is 0. The molecule has 1 rings (SSSR count). The van der Waals surface area contributed by atoms with Gasteiger partial charge in [-0.3, -0.25) is 9.59 Å². The van der Waals surface area contributed by atoms with Gasteiger partial charge in [0.25, 0.3) is 0 Å². The van der Waals surface area contributed by atoms with Gasteiger partial charge in [0.2, 0.25) is 11.8 Å². The highest BCUT2D eigenvalue weighted by atomic mass is 16.3. The second-order valence-electron chi connectivity index (χ2n) is 4.92. The Morgan fingerprint density at radius 1 is 1.39 bits per heavy atom. The molecule has 5 nitrogen and oxygen atoms in total. The Kier molecular flexibility index (Phi) is 4.31. The molecular formula is C13H18N2O3. The van der Waals surface area contributed by atoms with Gasteiger partial charge >= 0.3 is 0 Å². The third-order valence-electron chi connectivity index (χ3n) is 2.37. The van der Waals surface area contributed by atoms with Crippen molar-refractivity contribution in [3.63, 3.8) is 0 Å². The molecule has 0 bridgehead atoms. The van der Waals surface area contributed by atoms with Gasteiger partial charge in [-0.15, -0.1) is 0 Å². The van der Waals surface area contributed by atoms with Gasteiger partial charge in [0.05, 0.1) is 6.42 Å². The summed E-state index contributed by atoms with van der Waals surface area (Å²) in [5.74, 6) is -0.554. The first-order chi connectivity index (χ1) is 8.28. The van der Waals surface area contributed by atoms with Crippen LogP contribution in [0.15, 0.2) is 24.3 Å². The van der Waals surface area contributed by atoms with Crippen LogP contribution < -0.4 is 11.1 Å². The van der Waals surface area contributed by atoms with E-state index in [-0.39, 0.29) is 24.5 Å². The zero-order valence-electron chi connectivity index (χ0n) is 10.6. The van der Waals surface area contributed by atoms with E-state index in [4.69, 9.17) is 5.73 Å². The summed E-state index contributed by atoms with van der Waals surface area (Å²) >= 11 is 0. The number of carbonyl (C=O) groups is 2. The van der Waals surface area contributed by atoms with E-state index in [2.05, 4.69) is 5.32 Å². The van der Waals surface area contributed by atoms with Gasteiger partial charge in [-0.1, -0.05) is 12.1 Å². The van der Waals surface area contributed by atoms with Crippen molar-refractivity contribution < 1.29 is 14.7 Å². The van der Waals surface area contributed by atoms with Crippen LogP contribution in [-0.4, -0.2) is 22.5 Å². The molecule has 0 aliphatic carbocycles. The van der Waals surface area contributed by atoms with Crippen LogP contribution in [0.25, 0.3) is 0 Å². The molecule has 0 saturated carbocycles. The largest absolute Gasteiger partial charge is 0.508 e. The maximum absolute atomic E-state index is 11.8. The van der Waals surface area contributed by atoms with Crippen molar-refractivity contribution in [3.05, 3.63) is 29.8 Å². The summed E-state index contributed by atoms with van der Waals surface area (Å²) in [4.78, 5) is 22.6. The van der Waals surface area contributed by atoms with Crippen LogP contribution in [0.2, 0.25) is 0 Å². The average molecular weight is 250 g/mol. The van der Waals surface area contributed by atoms with Gasteiger partial charge in [-0.2, -0.15) is 0 Å². The minimum atomic E-state index is -0.667. The molecule has 0 aliphatic rings. The number of phenolic OH excluding ortho intramolecular Hbond substituents is 1. The van der Waals surface area contributed by atoms with Crippen LogP contribution in [0.3, 0.4) is 0 Å². The standard InChI is InChI=1S/C13H18N2O3/c1-13(2,8-11(14)17)15-12(18)7-9-4-3-5-10(16)6-9/h3-6,16H,7-8H2,1-2H3,(H2,14,17)(H,15,18). The van der Waals surface area contributed by atoms with Crippen molar-refractivity contribution in [2.45, 2.75) is 32.2 Å². The molecule has 98 valence electrons. The van der Waals surface area contributed by atoms with E-state index < -0.39 is 11.4 Å². The van der Waals surface area contributed by atoms with Gasteiger partial charge in [-0.05, 0) is 31.5 Å². The van der Waals surface area contributed by atoms with Crippen molar-refractivity contribution in [3.8, 4) is 5.75 Å². The number of nitrogens with two attached hydrogens (primary N) is 1. The molecule has 5 heteroatoms. The van der Waals surface area contributed by atoms with E-state index >= 15 is 0 Å². The summed E-state index contributed by atoms with van der Waals surface area (Å²) in [6.07, 6.45) is 0.232. The van der Waals surface area contributed by atoms with Gasteiger partial charge in [0.15, 0.2) is 0 Å². The number of rotatable bonds is 5. The van der Waals surface area contributed by atoms with E-state index in [1.165, 1.54) is 6.07 Å². The number of nitrogens with one attached hydrogen (secondary N) is 1. The Balaban J connectivity index is 2.59. The Morgan fingerprint density at radius 2 is 2.06 bits per heavy atom. The predicted octanol–water partition coefficient (Wildman–Crippen LogP) is 0.705. The van der Waals surface area contributed by atoms with Crippen LogP contribution in [0.4, 0.5) is 0 Å². The lowest BCUT2D eigenvalue weighted by Crippen LogP contribution is -2.46. The predicted molar refractivity (Wildman–Crippen MR) is 67.8 cm³/mol. The number of amides is 2. The summed E-state index contributed by atoms with van der Waals surface area (Å²) in [7, 11) is 0. The van der Waals surface area contributed by atoms with Gasteiger partial charge < -0.3 is 16.2 Å². The molecule has 0 radical (unpaired) electrons. The molecule has 1 aromatic rings. The van der Waals surface area contributed by atoms with Gasteiger partial charge in [0.1, 0.15) is 5.75 Å². The molecule has 18 heavy (non-hydrogen) atoms. The number of primary amides is 1. The van der Waals surface area contributed by atoms with Crippen molar-refractivity contribution in [2.75, 3.05) is 0 Å². The van der Waals surface area contributed by atoms with Crippen molar-refractivity contribution in [1.82, 2.24) is 5.32 Å². The molecule has 0 fully saturated rings. The number of hydrogen-bond donors (Lipinski definition) is 3. The van der Waals surface area contributed by atoms with Crippen LogP contribution in [0.1, 0.15) is 25.8 Å². The Labute approximate surface area is 106 Å². The molecule has 0 heterocycles. The first-order valence-corrected chi connectivity index (χ1v) is 5.66. The van der Waals surface area contributed by atoms with E-state index in [0.29, 0.717) is 5.56 Å². The monoisotopic (exact) mass is 250 g/mol. The van der Waals surface area contributed by atoms with Crippen LogP contribution in [0, 0.1) is 0 Å². The topological polar surface area (TPSA) is 92.4 Å². The molecule has 0 saturated heterocycles. The first kappa shape index (κ1) is 14.0. The molecule has 0 spiro atoms. The molecule has 0 unspecified atom stereocenters.